The van der Waals surface area contributed by atoms with Gasteiger partial charge in [0.1, 0.15) is 0 Å². The minimum atomic E-state index is 0.620. The zero-order valence-electron chi connectivity index (χ0n) is 9.87. The van der Waals surface area contributed by atoms with Crippen molar-refractivity contribution in [2.24, 2.45) is 5.92 Å². The molecule has 2 rings (SSSR count). The van der Waals surface area contributed by atoms with Crippen LogP contribution < -0.4 is 5.32 Å². The van der Waals surface area contributed by atoms with Crippen LogP contribution in [0.3, 0.4) is 0 Å². The van der Waals surface area contributed by atoms with Crippen molar-refractivity contribution in [3.05, 3.63) is 0 Å². The highest BCUT2D eigenvalue weighted by Crippen LogP contribution is 2.16. The van der Waals surface area contributed by atoms with Crippen LogP contribution in [0.15, 0.2) is 0 Å². The van der Waals surface area contributed by atoms with E-state index < -0.39 is 0 Å². The molecule has 0 radical (unpaired) electrons. The Balaban J connectivity index is 1.56. The van der Waals surface area contributed by atoms with E-state index in [0.29, 0.717) is 6.04 Å². The lowest BCUT2D eigenvalue weighted by atomic mass is 10.0. The molecule has 0 aliphatic carbocycles. The summed E-state index contributed by atoms with van der Waals surface area (Å²) in [6.07, 6.45) is 4.02. The summed E-state index contributed by atoms with van der Waals surface area (Å²) in [5.74, 6) is 0.739. The van der Waals surface area contributed by atoms with Crippen molar-refractivity contribution in [3.63, 3.8) is 0 Å². The number of hydrogen-bond acceptors (Lipinski definition) is 3. The number of likely N-dealkylation sites (tertiary alicyclic amines) is 1. The number of hydrogen-bond donors (Lipinski definition) is 1. The van der Waals surface area contributed by atoms with Crippen LogP contribution in [0.5, 0.6) is 0 Å². The van der Waals surface area contributed by atoms with Crippen molar-refractivity contribution in [2.75, 3.05) is 39.4 Å². The van der Waals surface area contributed by atoms with Gasteiger partial charge in [-0.3, -0.25) is 0 Å². The molecule has 2 saturated heterocycles. The molecule has 88 valence electrons. The van der Waals surface area contributed by atoms with Crippen LogP contribution in [-0.4, -0.2) is 50.3 Å². The largest absolute Gasteiger partial charge is 0.381 e. The molecule has 3 heteroatoms. The monoisotopic (exact) mass is 212 g/mol. The topological polar surface area (TPSA) is 24.5 Å². The minimum absolute atomic E-state index is 0.620. The lowest BCUT2D eigenvalue weighted by molar-refractivity contribution is 0.177. The maximum absolute atomic E-state index is 5.41. The quantitative estimate of drug-likeness (QED) is 0.738. The van der Waals surface area contributed by atoms with Crippen LogP contribution in [0.1, 0.15) is 26.2 Å². The Kier molecular flexibility index (Phi) is 4.42. The lowest BCUT2D eigenvalue weighted by Gasteiger charge is -2.21. The van der Waals surface area contributed by atoms with Crippen LogP contribution in [0, 0.1) is 5.92 Å². The molecule has 2 unspecified atom stereocenters. The molecule has 0 saturated carbocycles. The summed E-state index contributed by atoms with van der Waals surface area (Å²) < 4.78 is 5.41. The van der Waals surface area contributed by atoms with Gasteiger partial charge in [0.25, 0.3) is 0 Å². The first kappa shape index (κ1) is 11.4. The van der Waals surface area contributed by atoms with E-state index in [-0.39, 0.29) is 0 Å². The smallest absolute Gasteiger partial charge is 0.0509 e. The van der Waals surface area contributed by atoms with Crippen molar-refractivity contribution in [2.45, 2.75) is 32.2 Å². The fourth-order valence-electron chi connectivity index (χ4n) is 2.57. The fourth-order valence-corrected chi connectivity index (χ4v) is 2.57. The molecule has 2 aliphatic rings. The molecule has 2 fully saturated rings. The van der Waals surface area contributed by atoms with Crippen LogP contribution in [0.2, 0.25) is 0 Å². The Morgan fingerprint density at radius 1 is 1.40 bits per heavy atom. The molecular formula is C12H24N2O. The van der Waals surface area contributed by atoms with Crippen LogP contribution in [0.4, 0.5) is 0 Å². The molecule has 0 aromatic carbocycles. The van der Waals surface area contributed by atoms with Gasteiger partial charge in [0.2, 0.25) is 0 Å². The second-order valence-electron chi connectivity index (χ2n) is 4.92. The van der Waals surface area contributed by atoms with Gasteiger partial charge in [-0.05, 0) is 45.2 Å². The Morgan fingerprint density at radius 3 is 2.87 bits per heavy atom. The van der Waals surface area contributed by atoms with Crippen molar-refractivity contribution in [1.82, 2.24) is 10.2 Å². The number of nitrogens with one attached hydrogen (secondary N) is 1. The molecule has 1 N–H and O–H groups in total. The predicted molar refractivity (Wildman–Crippen MR) is 62.1 cm³/mol. The van der Waals surface area contributed by atoms with Gasteiger partial charge in [-0.15, -0.1) is 0 Å². The Hall–Kier alpha value is -0.120. The van der Waals surface area contributed by atoms with Gasteiger partial charge in [0.15, 0.2) is 0 Å². The summed E-state index contributed by atoms with van der Waals surface area (Å²) in [5.41, 5.74) is 0. The van der Waals surface area contributed by atoms with E-state index in [1.54, 1.807) is 0 Å². The Labute approximate surface area is 93.2 Å². The third kappa shape index (κ3) is 3.44. The van der Waals surface area contributed by atoms with E-state index in [0.717, 1.165) is 25.7 Å². The normalized spacial score (nSPS) is 29.8. The number of ether oxygens (including phenoxy) is 1. The zero-order chi connectivity index (χ0) is 10.5. The lowest BCUT2D eigenvalue weighted by Crippen LogP contribution is -2.38. The second-order valence-corrected chi connectivity index (χ2v) is 4.92. The van der Waals surface area contributed by atoms with E-state index in [9.17, 15) is 0 Å². The maximum Gasteiger partial charge on any atom is 0.0509 e. The second kappa shape index (κ2) is 5.83. The van der Waals surface area contributed by atoms with E-state index in [4.69, 9.17) is 4.74 Å². The van der Waals surface area contributed by atoms with E-state index in [2.05, 4.69) is 17.1 Å². The Bertz CT molecular complexity index is 174. The van der Waals surface area contributed by atoms with Gasteiger partial charge in [-0.2, -0.15) is 0 Å². The standard InChI is InChI=1S/C12H24N2O/c1-11(12-4-9-15-10-12)13-5-8-14-6-2-3-7-14/h11-13H,2-10H2,1H3. The summed E-state index contributed by atoms with van der Waals surface area (Å²) in [5, 5.41) is 3.63. The molecule has 0 bridgehead atoms. The van der Waals surface area contributed by atoms with Gasteiger partial charge in [-0.1, -0.05) is 0 Å². The van der Waals surface area contributed by atoms with Gasteiger partial charge >= 0.3 is 0 Å². The average Bonchev–Trinajstić information content (AvgIpc) is 2.90. The highest BCUT2D eigenvalue weighted by molar-refractivity contribution is 4.76. The van der Waals surface area contributed by atoms with Crippen LogP contribution in [0.25, 0.3) is 0 Å². The first-order chi connectivity index (χ1) is 7.36. The molecule has 0 aromatic rings. The third-order valence-corrected chi connectivity index (χ3v) is 3.77. The zero-order valence-corrected chi connectivity index (χ0v) is 9.87. The molecule has 2 heterocycles. The van der Waals surface area contributed by atoms with E-state index in [1.165, 1.54) is 38.9 Å². The fraction of sp³-hybridized carbons (Fsp3) is 1.00. The summed E-state index contributed by atoms with van der Waals surface area (Å²) in [6.45, 7) is 9.19. The van der Waals surface area contributed by atoms with Gasteiger partial charge in [0.05, 0.1) is 6.61 Å². The number of nitrogens with zero attached hydrogens (tertiary/aromatic N) is 1. The minimum Gasteiger partial charge on any atom is -0.381 e. The molecule has 0 spiro atoms. The highest BCUT2D eigenvalue weighted by atomic mass is 16.5. The first-order valence-corrected chi connectivity index (χ1v) is 6.40. The highest BCUT2D eigenvalue weighted by Gasteiger charge is 2.21. The third-order valence-electron chi connectivity index (χ3n) is 3.77. The van der Waals surface area contributed by atoms with Crippen molar-refractivity contribution < 1.29 is 4.74 Å². The summed E-state index contributed by atoms with van der Waals surface area (Å²) in [7, 11) is 0. The Morgan fingerprint density at radius 2 is 2.20 bits per heavy atom. The predicted octanol–water partition coefficient (Wildman–Crippen LogP) is 1.10. The molecule has 2 aliphatic heterocycles. The SMILES string of the molecule is CC(NCCN1CCCC1)C1CCOC1. The van der Waals surface area contributed by atoms with Gasteiger partial charge < -0.3 is 15.0 Å². The van der Waals surface area contributed by atoms with Gasteiger partial charge in [0, 0.05) is 25.7 Å². The molecule has 2 atom stereocenters. The molecule has 0 aromatic heterocycles. The van der Waals surface area contributed by atoms with E-state index in [1.807, 2.05) is 0 Å². The maximum atomic E-state index is 5.41. The summed E-state index contributed by atoms with van der Waals surface area (Å²) >= 11 is 0. The summed E-state index contributed by atoms with van der Waals surface area (Å²) in [6, 6.07) is 0.620. The first-order valence-electron chi connectivity index (χ1n) is 6.40. The van der Waals surface area contributed by atoms with Crippen LogP contribution >= 0.6 is 0 Å². The van der Waals surface area contributed by atoms with Crippen molar-refractivity contribution >= 4 is 0 Å². The summed E-state index contributed by atoms with van der Waals surface area (Å²) in [4.78, 5) is 2.56. The molecule has 3 nitrogen and oxygen atoms in total. The van der Waals surface area contributed by atoms with Crippen LogP contribution in [-0.2, 0) is 4.74 Å². The van der Waals surface area contributed by atoms with Gasteiger partial charge in [-0.25, -0.2) is 0 Å². The number of rotatable bonds is 5. The average molecular weight is 212 g/mol. The van der Waals surface area contributed by atoms with Crippen molar-refractivity contribution in [1.29, 1.82) is 0 Å². The van der Waals surface area contributed by atoms with Crippen molar-refractivity contribution in [3.8, 4) is 0 Å². The molecular weight excluding hydrogens is 188 g/mol. The molecule has 15 heavy (non-hydrogen) atoms. The van der Waals surface area contributed by atoms with E-state index >= 15 is 0 Å². The molecule has 0 amide bonds.